The van der Waals surface area contributed by atoms with Crippen molar-refractivity contribution in [3.63, 3.8) is 0 Å². The van der Waals surface area contributed by atoms with Crippen LogP contribution in [0.4, 0.5) is 13.2 Å². The Morgan fingerprint density at radius 1 is 1.00 bits per heavy atom. The number of hydrogen-bond acceptors (Lipinski definition) is 3. The smallest absolute Gasteiger partial charge is 0.416 e. The number of benzene rings is 2. The first-order chi connectivity index (χ1) is 10.9. The van der Waals surface area contributed by atoms with Gasteiger partial charge in [0, 0.05) is 17.2 Å². The summed E-state index contributed by atoms with van der Waals surface area (Å²) < 4.78 is 43.1. The molecule has 23 heavy (non-hydrogen) atoms. The Morgan fingerprint density at radius 3 is 2.39 bits per heavy atom. The summed E-state index contributed by atoms with van der Waals surface area (Å²) in [5.41, 5.74) is -0.285. The van der Waals surface area contributed by atoms with Crippen LogP contribution in [-0.2, 0) is 10.9 Å². The molecule has 2 aromatic carbocycles. The van der Waals surface area contributed by atoms with E-state index in [2.05, 4.69) is 0 Å². The van der Waals surface area contributed by atoms with Crippen LogP contribution in [0.2, 0.25) is 0 Å². The second kappa shape index (κ2) is 5.39. The average Bonchev–Trinajstić information content (AvgIpc) is 2.83. The lowest BCUT2D eigenvalue weighted by atomic mass is 10.0. The molecule has 0 unspecified atom stereocenters. The molecule has 6 heteroatoms. The van der Waals surface area contributed by atoms with E-state index in [1.165, 1.54) is 6.07 Å². The molecule has 3 rings (SSSR count). The Bertz CT molecular complexity index is 835. The molecule has 0 radical (unpaired) electrons. The zero-order valence-electron chi connectivity index (χ0n) is 11.6. The zero-order valence-corrected chi connectivity index (χ0v) is 11.6. The number of cyclic esters (lactones) is 1. The summed E-state index contributed by atoms with van der Waals surface area (Å²) in [6.07, 6.45) is -3.50. The highest BCUT2D eigenvalue weighted by molar-refractivity contribution is 6.12. The Kier molecular flexibility index (Phi) is 3.52. The first-order valence-electron chi connectivity index (χ1n) is 6.61. The first-order valence-corrected chi connectivity index (χ1v) is 6.61. The molecular weight excluding hydrogens is 309 g/mol. The molecule has 0 spiro atoms. The molecule has 3 nitrogen and oxygen atoms in total. The van der Waals surface area contributed by atoms with Gasteiger partial charge in [0.25, 0.3) is 0 Å². The molecule has 0 aromatic heterocycles. The van der Waals surface area contributed by atoms with Crippen LogP contribution in [0.5, 0.6) is 0 Å². The van der Waals surface area contributed by atoms with Gasteiger partial charge in [0.2, 0.25) is 0 Å². The zero-order chi connectivity index (χ0) is 16.6. The SMILES string of the molecule is O=C(C=C1OC(=O)c2ccccc21)c1cccc(C(F)(F)F)c1. The maximum Gasteiger partial charge on any atom is 0.416 e. The first kappa shape index (κ1) is 15.0. The number of halogens is 3. The molecule has 0 fully saturated rings. The van der Waals surface area contributed by atoms with Crippen LogP contribution >= 0.6 is 0 Å². The van der Waals surface area contributed by atoms with Crippen molar-refractivity contribution < 1.29 is 27.5 Å². The summed E-state index contributed by atoms with van der Waals surface area (Å²) in [6, 6.07) is 10.6. The van der Waals surface area contributed by atoms with Gasteiger partial charge in [-0.2, -0.15) is 13.2 Å². The van der Waals surface area contributed by atoms with Crippen molar-refractivity contribution in [2.75, 3.05) is 0 Å². The fourth-order valence-corrected chi connectivity index (χ4v) is 2.24. The summed E-state index contributed by atoms with van der Waals surface area (Å²) >= 11 is 0. The number of fused-ring (bicyclic) bond motifs is 1. The maximum absolute atomic E-state index is 12.7. The standard InChI is InChI=1S/C17H9F3O3/c18-17(19,20)11-5-3-4-10(8-11)14(21)9-15-12-6-1-2-7-13(12)16(22)23-15/h1-9H. The van der Waals surface area contributed by atoms with Gasteiger partial charge in [-0.15, -0.1) is 0 Å². The lowest BCUT2D eigenvalue weighted by Gasteiger charge is -2.07. The Balaban J connectivity index is 1.96. The van der Waals surface area contributed by atoms with Crippen LogP contribution in [0.25, 0.3) is 5.76 Å². The van der Waals surface area contributed by atoms with Crippen LogP contribution in [0, 0.1) is 0 Å². The van der Waals surface area contributed by atoms with Gasteiger partial charge in [0.1, 0.15) is 5.76 Å². The number of esters is 1. The minimum atomic E-state index is -4.53. The topological polar surface area (TPSA) is 43.4 Å². The van der Waals surface area contributed by atoms with E-state index in [-0.39, 0.29) is 11.3 Å². The van der Waals surface area contributed by atoms with Crippen molar-refractivity contribution in [2.45, 2.75) is 6.18 Å². The van der Waals surface area contributed by atoms with Crippen molar-refractivity contribution in [3.05, 3.63) is 76.9 Å². The van der Waals surface area contributed by atoms with Gasteiger partial charge < -0.3 is 4.74 Å². The molecule has 0 saturated heterocycles. The van der Waals surface area contributed by atoms with Gasteiger partial charge in [-0.1, -0.05) is 30.3 Å². The lowest BCUT2D eigenvalue weighted by molar-refractivity contribution is -0.137. The number of hydrogen-bond donors (Lipinski definition) is 0. The van der Waals surface area contributed by atoms with E-state index >= 15 is 0 Å². The third-order valence-electron chi connectivity index (χ3n) is 3.35. The van der Waals surface area contributed by atoms with E-state index < -0.39 is 23.5 Å². The van der Waals surface area contributed by atoms with Crippen LogP contribution in [0.1, 0.15) is 31.8 Å². The number of alkyl halides is 3. The number of ether oxygens (including phenoxy) is 1. The third-order valence-corrected chi connectivity index (χ3v) is 3.35. The normalized spacial score (nSPS) is 15.4. The molecular formula is C17H9F3O3. The highest BCUT2D eigenvalue weighted by atomic mass is 19.4. The summed E-state index contributed by atoms with van der Waals surface area (Å²) in [6.45, 7) is 0. The van der Waals surface area contributed by atoms with E-state index in [1.807, 2.05) is 0 Å². The van der Waals surface area contributed by atoms with Gasteiger partial charge in [-0.3, -0.25) is 4.79 Å². The third kappa shape index (κ3) is 2.88. The van der Waals surface area contributed by atoms with E-state index in [4.69, 9.17) is 4.74 Å². The largest absolute Gasteiger partial charge is 0.422 e. The quantitative estimate of drug-likeness (QED) is 0.476. The van der Waals surface area contributed by atoms with Crippen molar-refractivity contribution in [1.29, 1.82) is 0 Å². The molecule has 0 aliphatic carbocycles. The lowest BCUT2D eigenvalue weighted by Crippen LogP contribution is -2.06. The number of carbonyl (C=O) groups is 2. The highest BCUT2D eigenvalue weighted by Gasteiger charge is 2.31. The molecule has 0 atom stereocenters. The van der Waals surface area contributed by atoms with Crippen molar-refractivity contribution >= 4 is 17.5 Å². The molecule has 1 aliphatic rings. The van der Waals surface area contributed by atoms with E-state index in [1.54, 1.807) is 24.3 Å². The monoisotopic (exact) mass is 318 g/mol. The second-order valence-corrected chi connectivity index (χ2v) is 4.89. The fourth-order valence-electron chi connectivity index (χ4n) is 2.24. The summed E-state index contributed by atoms with van der Waals surface area (Å²) in [4.78, 5) is 23.8. The van der Waals surface area contributed by atoms with Crippen molar-refractivity contribution in [2.24, 2.45) is 0 Å². The summed E-state index contributed by atoms with van der Waals surface area (Å²) in [7, 11) is 0. The molecule has 0 N–H and O–H groups in total. The van der Waals surface area contributed by atoms with Crippen LogP contribution in [0.15, 0.2) is 54.6 Å². The van der Waals surface area contributed by atoms with E-state index in [0.29, 0.717) is 11.1 Å². The Hall–Kier alpha value is -2.89. The molecule has 0 saturated carbocycles. The Labute approximate surface area is 129 Å². The van der Waals surface area contributed by atoms with Crippen LogP contribution < -0.4 is 0 Å². The minimum absolute atomic E-state index is 0.0352. The van der Waals surface area contributed by atoms with Gasteiger partial charge >= 0.3 is 12.1 Å². The van der Waals surface area contributed by atoms with Gasteiger partial charge in [-0.05, 0) is 18.2 Å². The number of allylic oxidation sites excluding steroid dienone is 1. The minimum Gasteiger partial charge on any atom is -0.422 e. The predicted octanol–water partition coefficient (Wildman–Crippen LogP) is 4.10. The molecule has 116 valence electrons. The highest BCUT2D eigenvalue weighted by Crippen LogP contribution is 2.31. The number of rotatable bonds is 2. The maximum atomic E-state index is 12.7. The fraction of sp³-hybridized carbons (Fsp3) is 0.0588. The molecule has 1 heterocycles. The summed E-state index contributed by atoms with van der Waals surface area (Å²) in [5, 5.41) is 0. The molecule has 0 amide bonds. The van der Waals surface area contributed by atoms with Crippen molar-refractivity contribution in [1.82, 2.24) is 0 Å². The van der Waals surface area contributed by atoms with E-state index in [0.717, 1.165) is 24.3 Å². The van der Waals surface area contributed by atoms with Crippen LogP contribution in [-0.4, -0.2) is 11.8 Å². The van der Waals surface area contributed by atoms with Gasteiger partial charge in [-0.25, -0.2) is 4.79 Å². The van der Waals surface area contributed by atoms with Gasteiger partial charge in [0.15, 0.2) is 5.78 Å². The van der Waals surface area contributed by atoms with E-state index in [9.17, 15) is 22.8 Å². The molecule has 1 aliphatic heterocycles. The predicted molar refractivity (Wildman–Crippen MR) is 75.6 cm³/mol. The number of carbonyl (C=O) groups excluding carboxylic acids is 2. The Morgan fingerprint density at radius 2 is 1.70 bits per heavy atom. The molecule has 0 bridgehead atoms. The second-order valence-electron chi connectivity index (χ2n) is 4.89. The van der Waals surface area contributed by atoms with Crippen LogP contribution in [0.3, 0.4) is 0 Å². The number of ketones is 1. The summed E-state index contributed by atoms with van der Waals surface area (Å²) in [5.74, 6) is -1.23. The van der Waals surface area contributed by atoms with Gasteiger partial charge in [0.05, 0.1) is 11.1 Å². The average molecular weight is 318 g/mol. The molecule has 2 aromatic rings. The van der Waals surface area contributed by atoms with Crippen molar-refractivity contribution in [3.8, 4) is 0 Å².